The van der Waals surface area contributed by atoms with Gasteiger partial charge in [0, 0.05) is 6.54 Å². The van der Waals surface area contributed by atoms with Crippen LogP contribution in [0.1, 0.15) is 12.5 Å². The van der Waals surface area contributed by atoms with Crippen LogP contribution in [0.2, 0.25) is 0 Å². The molecule has 26 heteroatoms. The molecule has 5 aliphatic rings. The number of nitrogens with zero attached hydrogens (tertiary/aromatic N) is 8. The Morgan fingerprint density at radius 3 is 1.90 bits per heavy atom. The molecule has 20 nitrogen and oxygen atoms in total. The molecule has 270 valence electrons. The van der Waals surface area contributed by atoms with Gasteiger partial charge in [-0.05, 0) is 0 Å². The second-order valence-electron chi connectivity index (χ2n) is 11.6. The molecule has 9 heterocycles. The molecular formula is C24H27F2N9O11P2S2. The van der Waals surface area contributed by atoms with Crippen molar-refractivity contribution in [2.45, 2.75) is 61.4 Å². The maximum absolute atomic E-state index is 16.3. The molecule has 5 aliphatic heterocycles. The minimum atomic E-state index is -4.44. The van der Waals surface area contributed by atoms with Gasteiger partial charge in [-0.2, -0.15) is 4.98 Å². The summed E-state index contributed by atoms with van der Waals surface area (Å²) in [5, 5.41) is 24.2. The Bertz CT molecular complexity index is 1880. The van der Waals surface area contributed by atoms with Gasteiger partial charge in [-0.15, -0.1) is 0 Å². The van der Waals surface area contributed by atoms with Crippen molar-refractivity contribution in [1.29, 1.82) is 0 Å². The van der Waals surface area contributed by atoms with E-state index < -0.39 is 94.8 Å². The van der Waals surface area contributed by atoms with Gasteiger partial charge in [0.2, 0.25) is 5.88 Å². The third-order valence-electron chi connectivity index (χ3n) is 8.39. The zero-order chi connectivity index (χ0) is 34.9. The van der Waals surface area contributed by atoms with Crippen molar-refractivity contribution in [2.24, 2.45) is 0 Å². The lowest BCUT2D eigenvalue weighted by Crippen LogP contribution is -2.37. The van der Waals surface area contributed by atoms with Crippen molar-refractivity contribution < 1.29 is 60.4 Å². The van der Waals surface area contributed by atoms with Gasteiger partial charge in [0.1, 0.15) is 55.9 Å². The van der Waals surface area contributed by atoms with Crippen LogP contribution in [0.5, 0.6) is 5.88 Å². The van der Waals surface area contributed by atoms with Gasteiger partial charge in [-0.25, -0.2) is 42.8 Å². The zero-order valence-corrected chi connectivity index (χ0v) is 28.7. The molecule has 3 saturated heterocycles. The summed E-state index contributed by atoms with van der Waals surface area (Å²) in [7, 11) is 0. The number of ether oxygens (including phenoxy) is 3. The third-order valence-corrected chi connectivity index (χ3v) is 11.6. The molecule has 3 N–H and O–H groups in total. The molecule has 12 atom stereocenters. The van der Waals surface area contributed by atoms with Gasteiger partial charge in [-0.3, -0.25) is 27.2 Å². The molecule has 4 aromatic rings. The van der Waals surface area contributed by atoms with Gasteiger partial charge >= 0.3 is 13.6 Å². The number of rotatable bonds is 0. The van der Waals surface area contributed by atoms with E-state index in [0.717, 1.165) is 12.7 Å². The van der Waals surface area contributed by atoms with E-state index >= 15 is 8.78 Å². The SMILES string of the molecule is O=[P@]1(S)OC[C@H]2OC3[C@H](F)[C@@H]2O[P@](=O)(S)OC[C@H]2OC([C@H](F)[C@@H]2O1)n1cnc2c(ncnc21)NC[C@H](O)[C@@H](O)COc1ncnc2c1ncn23. The molecule has 0 aliphatic carbocycles. The van der Waals surface area contributed by atoms with E-state index in [2.05, 4.69) is 59.7 Å². The van der Waals surface area contributed by atoms with Crippen LogP contribution in [0.25, 0.3) is 22.3 Å². The van der Waals surface area contributed by atoms with Crippen LogP contribution in [0.15, 0.2) is 25.3 Å². The van der Waals surface area contributed by atoms with Gasteiger partial charge in [0.05, 0.1) is 25.9 Å². The molecule has 0 saturated carbocycles. The average Bonchev–Trinajstić information content (AvgIpc) is 3.85. The summed E-state index contributed by atoms with van der Waals surface area (Å²) < 4.78 is 101. The second-order valence-corrected chi connectivity index (χ2v) is 17.3. The van der Waals surface area contributed by atoms with Crippen molar-refractivity contribution >= 4 is 66.2 Å². The molecule has 0 aromatic carbocycles. The van der Waals surface area contributed by atoms with Crippen molar-refractivity contribution in [3.63, 3.8) is 0 Å². The number of aliphatic hydroxyl groups excluding tert-OH is 2. The van der Waals surface area contributed by atoms with Crippen molar-refractivity contribution in [3.05, 3.63) is 25.3 Å². The van der Waals surface area contributed by atoms with Crippen LogP contribution in [0.4, 0.5) is 14.6 Å². The van der Waals surface area contributed by atoms with E-state index in [0.29, 0.717) is 0 Å². The van der Waals surface area contributed by atoms with Crippen molar-refractivity contribution in [3.8, 4) is 5.88 Å². The molecule has 50 heavy (non-hydrogen) atoms. The molecule has 3 fully saturated rings. The average molecular weight is 782 g/mol. The number of alkyl halides is 2. The monoisotopic (exact) mass is 781 g/mol. The minimum Gasteiger partial charge on any atom is -0.473 e. The quantitative estimate of drug-likeness (QED) is 0.126. The predicted octanol–water partition coefficient (Wildman–Crippen LogP) is 1.56. The molecule has 14 bridgehead atoms. The number of halogens is 2. The van der Waals surface area contributed by atoms with Crippen molar-refractivity contribution in [2.75, 3.05) is 31.7 Å². The van der Waals surface area contributed by atoms with Gasteiger partial charge < -0.3 is 29.7 Å². The first-order chi connectivity index (χ1) is 23.9. The van der Waals surface area contributed by atoms with E-state index in [4.69, 9.17) is 32.3 Å². The lowest BCUT2D eigenvalue weighted by Gasteiger charge is -2.28. The Hall–Kier alpha value is -2.60. The lowest BCUT2D eigenvalue weighted by molar-refractivity contribution is -0.0544. The standard InChI is InChI=1S/C24H27F2N9O11P2S2/c25-13-17-11-3-41-48(39,50)46-18-12(4-42-47(38,49)45-17)44-24(14(18)26)35-8-33-16-21(35)30-6-31-22(16)40-2-10(37)9(36)1-27-19-15-20(29-5-28-19)34(7-32-15)23(13)43-11/h5-14,17-18,23-24,36-37H,1-4H2,(H,38,49)(H,39,50)(H,27,28,29)/t9-,10-,11+,12+,13+,14+,17+,18+,23?,24?,47-,48+/m0/s1. The van der Waals surface area contributed by atoms with E-state index in [1.54, 1.807) is 0 Å². The van der Waals surface area contributed by atoms with Gasteiger partial charge in [0.25, 0.3) is 0 Å². The molecular weight excluding hydrogens is 754 g/mol. The van der Waals surface area contributed by atoms with Crippen LogP contribution >= 0.6 is 38.1 Å². The molecule has 0 radical (unpaired) electrons. The normalized spacial score (nSPS) is 39.6. The first-order valence-corrected chi connectivity index (χ1v) is 20.3. The van der Waals surface area contributed by atoms with Crippen LogP contribution in [-0.4, -0.2) is 125 Å². The van der Waals surface area contributed by atoms with Crippen LogP contribution in [-0.2, 0) is 36.7 Å². The highest BCUT2D eigenvalue weighted by Gasteiger charge is 2.54. The summed E-state index contributed by atoms with van der Waals surface area (Å²) in [6.07, 6.45) is -11.6. The van der Waals surface area contributed by atoms with Gasteiger partial charge in [-0.1, -0.05) is 24.5 Å². The first kappa shape index (κ1) is 34.5. The van der Waals surface area contributed by atoms with E-state index in [9.17, 15) is 19.3 Å². The van der Waals surface area contributed by atoms with Gasteiger partial charge in [0.15, 0.2) is 52.9 Å². The fourth-order valence-corrected chi connectivity index (χ4v) is 8.93. The minimum absolute atomic E-state index is 0.0290. The third kappa shape index (κ3) is 6.28. The number of hydrogen-bond donors (Lipinski definition) is 5. The number of aromatic nitrogens is 8. The number of anilines is 1. The zero-order valence-electron chi connectivity index (χ0n) is 25.1. The summed E-state index contributed by atoms with van der Waals surface area (Å²) >= 11 is 8.05. The Morgan fingerprint density at radius 2 is 1.30 bits per heavy atom. The fraction of sp³-hybridized carbons (Fsp3) is 0.583. The highest BCUT2D eigenvalue weighted by atomic mass is 32.7. The summed E-state index contributed by atoms with van der Waals surface area (Å²) in [5.74, 6) is 0.0219. The topological polar surface area (TPSA) is 238 Å². The number of thiol groups is 2. The van der Waals surface area contributed by atoms with Crippen LogP contribution in [0.3, 0.4) is 0 Å². The van der Waals surface area contributed by atoms with Crippen LogP contribution in [0, 0.1) is 0 Å². The molecule has 0 amide bonds. The lowest BCUT2D eigenvalue weighted by atomic mass is 10.1. The van der Waals surface area contributed by atoms with E-state index in [1.165, 1.54) is 21.8 Å². The number of aliphatic hydroxyl groups is 2. The second kappa shape index (κ2) is 13.1. The number of hydrogen-bond acceptors (Lipinski definition) is 18. The Kier molecular flexibility index (Phi) is 9.04. The Labute approximate surface area is 289 Å². The molecule has 2 unspecified atom stereocenters. The highest BCUT2D eigenvalue weighted by Crippen LogP contribution is 2.60. The Balaban J connectivity index is 1.21. The highest BCUT2D eigenvalue weighted by molar-refractivity contribution is 8.44. The summed E-state index contributed by atoms with van der Waals surface area (Å²) in [4.78, 5) is 25.0. The summed E-state index contributed by atoms with van der Waals surface area (Å²) in [5.41, 5.74) is 0.290. The summed E-state index contributed by atoms with van der Waals surface area (Å²) in [6.45, 7) is -10.9. The molecule has 4 aromatic heterocycles. The number of nitrogens with one attached hydrogen (secondary N) is 1. The largest absolute Gasteiger partial charge is 0.473 e. The Morgan fingerprint density at radius 1 is 0.760 bits per heavy atom. The fourth-order valence-electron chi connectivity index (χ4n) is 5.96. The maximum atomic E-state index is 16.3. The predicted molar refractivity (Wildman–Crippen MR) is 169 cm³/mol. The van der Waals surface area contributed by atoms with E-state index in [-0.39, 0.29) is 40.6 Å². The smallest absolute Gasteiger partial charge is 0.386 e. The van der Waals surface area contributed by atoms with Crippen molar-refractivity contribution in [1.82, 2.24) is 39.0 Å². The maximum Gasteiger partial charge on any atom is 0.386 e. The van der Waals surface area contributed by atoms with E-state index in [1.807, 2.05) is 0 Å². The van der Waals surface area contributed by atoms with Crippen LogP contribution < -0.4 is 10.1 Å². The molecule has 0 spiro atoms. The first-order valence-electron chi connectivity index (χ1n) is 14.9. The number of imidazole rings is 2. The molecule has 9 rings (SSSR count). The summed E-state index contributed by atoms with van der Waals surface area (Å²) in [6, 6.07) is 0. The number of fused-ring (bicyclic) bond motifs is 11.